The van der Waals surface area contributed by atoms with Crippen molar-refractivity contribution in [1.29, 1.82) is 0 Å². The first-order chi connectivity index (χ1) is 11.0. The molecule has 23 heavy (non-hydrogen) atoms. The lowest BCUT2D eigenvalue weighted by Gasteiger charge is -2.12. The summed E-state index contributed by atoms with van der Waals surface area (Å²) < 4.78 is 5.82. The Morgan fingerprint density at radius 2 is 2.00 bits per heavy atom. The molecule has 120 valence electrons. The molecule has 0 atom stereocenters. The smallest absolute Gasteiger partial charge is 0.271 e. The number of ether oxygens (including phenoxy) is 1. The number of carbonyl (C=O) groups is 1. The minimum atomic E-state index is -0.665. The Bertz CT molecular complexity index is 744. The van der Waals surface area contributed by atoms with Gasteiger partial charge in [0.05, 0.1) is 0 Å². The number of rotatable bonds is 6. The fourth-order valence-corrected chi connectivity index (χ4v) is 2.35. The third-order valence-corrected chi connectivity index (χ3v) is 3.44. The highest BCUT2D eigenvalue weighted by molar-refractivity contribution is 6.45. The molecule has 6 heteroatoms. The van der Waals surface area contributed by atoms with Crippen LogP contribution in [0.5, 0.6) is 5.75 Å². The van der Waals surface area contributed by atoms with Crippen LogP contribution in [-0.2, 0) is 16.2 Å². The molecular formula is C17H17ClN2O3. The summed E-state index contributed by atoms with van der Waals surface area (Å²) >= 11 is 5.93. The summed E-state index contributed by atoms with van der Waals surface area (Å²) in [5.74, 6) is 0.0514. The third kappa shape index (κ3) is 4.23. The van der Waals surface area contributed by atoms with Crippen molar-refractivity contribution in [3.63, 3.8) is 0 Å². The van der Waals surface area contributed by atoms with Crippen LogP contribution < -0.4 is 10.5 Å². The van der Waals surface area contributed by atoms with Gasteiger partial charge in [-0.3, -0.25) is 4.79 Å². The predicted molar refractivity (Wildman–Crippen MR) is 89.7 cm³/mol. The summed E-state index contributed by atoms with van der Waals surface area (Å²) in [6.45, 7) is 2.17. The quantitative estimate of drug-likeness (QED) is 0.652. The largest absolute Gasteiger partial charge is 0.489 e. The summed E-state index contributed by atoms with van der Waals surface area (Å²) in [5, 5.41) is 4.36. The van der Waals surface area contributed by atoms with Crippen LogP contribution in [0, 0.1) is 6.92 Å². The van der Waals surface area contributed by atoms with Crippen molar-refractivity contribution >= 4 is 23.2 Å². The molecule has 0 aliphatic carbocycles. The lowest BCUT2D eigenvalue weighted by Crippen LogP contribution is -2.25. The lowest BCUT2D eigenvalue weighted by atomic mass is 10.0. The molecule has 2 aromatic carbocycles. The number of nitrogens with two attached hydrogens (primary N) is 1. The van der Waals surface area contributed by atoms with E-state index >= 15 is 0 Å². The van der Waals surface area contributed by atoms with Gasteiger partial charge in [0.15, 0.2) is 5.71 Å². The molecule has 0 saturated heterocycles. The molecule has 2 aromatic rings. The molecule has 0 aromatic heterocycles. The summed E-state index contributed by atoms with van der Waals surface area (Å²) in [5.41, 5.74) is 7.70. The van der Waals surface area contributed by atoms with E-state index in [0.29, 0.717) is 16.3 Å². The average Bonchev–Trinajstić information content (AvgIpc) is 2.52. The summed E-state index contributed by atoms with van der Waals surface area (Å²) in [6.07, 6.45) is 0. The summed E-state index contributed by atoms with van der Waals surface area (Å²) in [4.78, 5) is 16.3. The second kappa shape index (κ2) is 7.65. The molecule has 0 unspecified atom stereocenters. The van der Waals surface area contributed by atoms with Gasteiger partial charge in [-0.05, 0) is 36.2 Å². The first-order valence-electron chi connectivity index (χ1n) is 6.91. The van der Waals surface area contributed by atoms with Crippen LogP contribution >= 0.6 is 11.6 Å². The molecule has 1 amide bonds. The molecule has 0 aliphatic rings. The molecule has 5 nitrogen and oxygen atoms in total. The lowest BCUT2D eigenvalue weighted by molar-refractivity contribution is -0.112. The number of primary amides is 1. The van der Waals surface area contributed by atoms with Gasteiger partial charge in [-0.25, -0.2) is 0 Å². The molecule has 0 saturated carbocycles. The van der Waals surface area contributed by atoms with Crippen molar-refractivity contribution in [3.8, 4) is 5.75 Å². The topological polar surface area (TPSA) is 73.9 Å². The minimum absolute atomic E-state index is 0.0551. The van der Waals surface area contributed by atoms with Gasteiger partial charge in [0.2, 0.25) is 0 Å². The van der Waals surface area contributed by atoms with E-state index in [1.54, 1.807) is 24.3 Å². The van der Waals surface area contributed by atoms with Crippen molar-refractivity contribution in [2.75, 3.05) is 7.11 Å². The van der Waals surface area contributed by atoms with Crippen LogP contribution in [0.3, 0.4) is 0 Å². The maximum Gasteiger partial charge on any atom is 0.271 e. The van der Waals surface area contributed by atoms with E-state index in [2.05, 4.69) is 5.16 Å². The van der Waals surface area contributed by atoms with Gasteiger partial charge in [-0.15, -0.1) is 0 Å². The molecule has 0 radical (unpaired) electrons. The molecule has 2 N–H and O–H groups in total. The van der Waals surface area contributed by atoms with E-state index in [1.165, 1.54) is 7.11 Å². The molecule has 2 rings (SSSR count). The van der Waals surface area contributed by atoms with Gasteiger partial charge in [0, 0.05) is 10.6 Å². The Balaban J connectivity index is 2.27. The Kier molecular flexibility index (Phi) is 5.60. The van der Waals surface area contributed by atoms with Crippen molar-refractivity contribution in [3.05, 3.63) is 64.2 Å². The number of amides is 1. The fraction of sp³-hybridized carbons (Fsp3) is 0.176. The van der Waals surface area contributed by atoms with Crippen LogP contribution in [-0.4, -0.2) is 18.7 Å². The van der Waals surface area contributed by atoms with Crippen molar-refractivity contribution in [2.45, 2.75) is 13.5 Å². The van der Waals surface area contributed by atoms with Crippen molar-refractivity contribution in [1.82, 2.24) is 0 Å². The Hall–Kier alpha value is -2.53. The Morgan fingerprint density at radius 1 is 1.26 bits per heavy atom. The highest BCUT2D eigenvalue weighted by Gasteiger charge is 2.16. The second-order valence-electron chi connectivity index (χ2n) is 4.84. The van der Waals surface area contributed by atoms with Gasteiger partial charge >= 0.3 is 0 Å². The van der Waals surface area contributed by atoms with E-state index in [9.17, 15) is 4.79 Å². The minimum Gasteiger partial charge on any atom is -0.489 e. The van der Waals surface area contributed by atoms with Crippen molar-refractivity contribution < 1.29 is 14.4 Å². The molecule has 0 bridgehead atoms. The van der Waals surface area contributed by atoms with Gasteiger partial charge in [0.25, 0.3) is 5.91 Å². The zero-order chi connectivity index (χ0) is 16.8. The normalized spacial score (nSPS) is 11.2. The maximum absolute atomic E-state index is 11.6. The number of halogens is 1. The van der Waals surface area contributed by atoms with Crippen molar-refractivity contribution in [2.24, 2.45) is 10.9 Å². The van der Waals surface area contributed by atoms with Crippen LogP contribution in [0.25, 0.3) is 0 Å². The van der Waals surface area contributed by atoms with E-state index in [0.717, 1.165) is 11.1 Å². The van der Waals surface area contributed by atoms with Gasteiger partial charge in [0.1, 0.15) is 19.5 Å². The SMILES string of the molecule is CON=C(C(N)=O)c1ccccc1COc1ccc(Cl)cc1C. The average molecular weight is 333 g/mol. The first kappa shape index (κ1) is 16.8. The monoisotopic (exact) mass is 332 g/mol. The van der Waals surface area contributed by atoms with Crippen LogP contribution in [0.15, 0.2) is 47.6 Å². The highest BCUT2D eigenvalue weighted by atomic mass is 35.5. The van der Waals surface area contributed by atoms with Gasteiger partial charge < -0.3 is 15.3 Å². The number of hydrogen-bond donors (Lipinski definition) is 1. The molecule has 0 aliphatic heterocycles. The maximum atomic E-state index is 11.6. The van der Waals surface area contributed by atoms with E-state index in [4.69, 9.17) is 26.9 Å². The number of aryl methyl sites for hydroxylation is 1. The zero-order valence-corrected chi connectivity index (χ0v) is 13.6. The number of benzene rings is 2. The molecular weight excluding hydrogens is 316 g/mol. The number of oxime groups is 1. The van der Waals surface area contributed by atoms with Gasteiger partial charge in [-0.1, -0.05) is 41.0 Å². The Morgan fingerprint density at radius 3 is 2.65 bits per heavy atom. The zero-order valence-electron chi connectivity index (χ0n) is 12.9. The van der Waals surface area contributed by atoms with Crippen LogP contribution in [0.1, 0.15) is 16.7 Å². The fourth-order valence-electron chi connectivity index (χ4n) is 2.13. The number of carbonyl (C=O) groups excluding carboxylic acids is 1. The third-order valence-electron chi connectivity index (χ3n) is 3.21. The van der Waals surface area contributed by atoms with E-state index in [-0.39, 0.29) is 12.3 Å². The van der Waals surface area contributed by atoms with E-state index in [1.807, 2.05) is 25.1 Å². The van der Waals surface area contributed by atoms with Gasteiger partial charge in [-0.2, -0.15) is 0 Å². The van der Waals surface area contributed by atoms with Crippen LogP contribution in [0.2, 0.25) is 5.02 Å². The second-order valence-corrected chi connectivity index (χ2v) is 5.28. The summed E-state index contributed by atoms with van der Waals surface area (Å²) in [6, 6.07) is 12.6. The first-order valence-corrected chi connectivity index (χ1v) is 7.29. The summed E-state index contributed by atoms with van der Waals surface area (Å²) in [7, 11) is 1.36. The highest BCUT2D eigenvalue weighted by Crippen LogP contribution is 2.23. The Labute approximate surface area is 139 Å². The molecule has 0 heterocycles. The number of nitrogens with zero attached hydrogens (tertiary/aromatic N) is 1. The predicted octanol–water partition coefficient (Wildman–Crippen LogP) is 3.06. The van der Waals surface area contributed by atoms with E-state index < -0.39 is 5.91 Å². The number of hydrogen-bond acceptors (Lipinski definition) is 4. The molecule has 0 spiro atoms. The molecule has 0 fully saturated rings. The van der Waals surface area contributed by atoms with Crippen LogP contribution in [0.4, 0.5) is 0 Å². The standard InChI is InChI=1S/C17H17ClN2O3/c1-11-9-13(18)7-8-15(11)23-10-12-5-3-4-6-14(12)16(17(19)21)20-22-2/h3-9H,10H2,1-2H3,(H2,19,21).